The molecule has 1 heterocycles. The smallest absolute Gasteiger partial charge is 0.126 e. The van der Waals surface area contributed by atoms with Crippen LogP contribution in [0.3, 0.4) is 0 Å². The van der Waals surface area contributed by atoms with Crippen molar-refractivity contribution in [3.63, 3.8) is 0 Å². The first kappa shape index (κ1) is 14.0. The van der Waals surface area contributed by atoms with Gasteiger partial charge in [-0.15, -0.1) is 0 Å². The Kier molecular flexibility index (Phi) is 3.88. The fourth-order valence-corrected chi connectivity index (χ4v) is 2.84. The van der Waals surface area contributed by atoms with Crippen molar-refractivity contribution in [2.75, 3.05) is 6.61 Å². The van der Waals surface area contributed by atoms with Gasteiger partial charge in [-0.05, 0) is 36.2 Å². The molecular formula is C17H16F2O2. The van der Waals surface area contributed by atoms with Crippen LogP contribution in [-0.4, -0.2) is 17.8 Å². The number of benzene rings is 2. The molecule has 0 fully saturated rings. The van der Waals surface area contributed by atoms with Crippen LogP contribution in [0.25, 0.3) is 0 Å². The van der Waals surface area contributed by atoms with E-state index in [1.54, 1.807) is 24.3 Å². The zero-order valence-corrected chi connectivity index (χ0v) is 11.4. The van der Waals surface area contributed by atoms with Gasteiger partial charge in [-0.25, -0.2) is 8.78 Å². The second-order valence-corrected chi connectivity index (χ2v) is 5.33. The zero-order valence-electron chi connectivity index (χ0n) is 11.4. The number of aliphatic hydroxyl groups excluding tert-OH is 1. The third kappa shape index (κ3) is 2.90. The molecule has 0 saturated heterocycles. The van der Waals surface area contributed by atoms with Crippen molar-refractivity contribution in [2.45, 2.75) is 24.9 Å². The van der Waals surface area contributed by atoms with Crippen molar-refractivity contribution in [1.29, 1.82) is 0 Å². The first-order valence-corrected chi connectivity index (χ1v) is 6.97. The van der Waals surface area contributed by atoms with E-state index in [1.165, 1.54) is 18.2 Å². The Balaban J connectivity index is 1.74. The van der Waals surface area contributed by atoms with E-state index >= 15 is 0 Å². The fraction of sp³-hybridized carbons (Fsp3) is 0.294. The van der Waals surface area contributed by atoms with E-state index in [2.05, 4.69) is 0 Å². The second-order valence-electron chi connectivity index (χ2n) is 5.33. The number of aliphatic hydroxyl groups is 1. The average molecular weight is 290 g/mol. The molecule has 0 amide bonds. The molecule has 0 bridgehead atoms. The Morgan fingerprint density at radius 2 is 2.00 bits per heavy atom. The highest BCUT2D eigenvalue weighted by atomic mass is 19.1. The van der Waals surface area contributed by atoms with Crippen LogP contribution in [-0.2, 0) is 6.42 Å². The molecule has 1 aliphatic rings. The minimum Gasteiger partial charge on any atom is -0.490 e. The van der Waals surface area contributed by atoms with Crippen LogP contribution in [0, 0.1) is 11.6 Å². The highest BCUT2D eigenvalue weighted by molar-refractivity contribution is 5.38. The maximum atomic E-state index is 13.8. The molecule has 2 nitrogen and oxygen atoms in total. The minimum atomic E-state index is -0.324. The van der Waals surface area contributed by atoms with Gasteiger partial charge >= 0.3 is 0 Å². The van der Waals surface area contributed by atoms with E-state index in [9.17, 15) is 13.9 Å². The molecule has 0 spiro atoms. The summed E-state index contributed by atoms with van der Waals surface area (Å²) in [6.07, 6.45) is 0.907. The average Bonchev–Trinajstić information content (AvgIpc) is 2.87. The second kappa shape index (κ2) is 5.82. The summed E-state index contributed by atoms with van der Waals surface area (Å²) in [6, 6.07) is 10.9. The quantitative estimate of drug-likeness (QED) is 0.934. The number of rotatable bonds is 4. The summed E-state index contributed by atoms with van der Waals surface area (Å²) in [4.78, 5) is 0. The van der Waals surface area contributed by atoms with E-state index in [1.807, 2.05) is 0 Å². The zero-order chi connectivity index (χ0) is 14.8. The van der Waals surface area contributed by atoms with Gasteiger partial charge in [-0.3, -0.25) is 0 Å². The molecule has 2 aromatic carbocycles. The summed E-state index contributed by atoms with van der Waals surface area (Å²) in [5.74, 6) is -0.258. The minimum absolute atomic E-state index is 0.147. The van der Waals surface area contributed by atoms with Gasteiger partial charge < -0.3 is 9.84 Å². The van der Waals surface area contributed by atoms with Crippen LogP contribution < -0.4 is 4.74 Å². The first-order chi connectivity index (χ1) is 10.2. The van der Waals surface area contributed by atoms with E-state index in [0.717, 1.165) is 5.56 Å². The monoisotopic (exact) mass is 290 g/mol. The molecule has 3 rings (SSSR count). The van der Waals surface area contributed by atoms with Gasteiger partial charge in [0.05, 0.1) is 6.61 Å². The largest absolute Gasteiger partial charge is 0.490 e. The summed E-state index contributed by atoms with van der Waals surface area (Å²) in [7, 11) is 0. The molecule has 2 aromatic rings. The molecule has 110 valence electrons. The van der Waals surface area contributed by atoms with Crippen LogP contribution in [0.2, 0.25) is 0 Å². The number of ether oxygens (including phenoxy) is 1. The van der Waals surface area contributed by atoms with Crippen molar-refractivity contribution in [3.8, 4) is 5.75 Å². The summed E-state index contributed by atoms with van der Waals surface area (Å²) in [5.41, 5.74) is 1.32. The summed E-state index contributed by atoms with van der Waals surface area (Å²) < 4.78 is 32.8. The number of hydrogen-bond donors (Lipinski definition) is 1. The molecular weight excluding hydrogens is 274 g/mol. The summed E-state index contributed by atoms with van der Waals surface area (Å²) in [5, 5.41) is 9.54. The maximum absolute atomic E-state index is 13.8. The molecule has 1 N–H and O–H groups in total. The van der Waals surface area contributed by atoms with Crippen molar-refractivity contribution in [1.82, 2.24) is 0 Å². The molecule has 1 aliphatic heterocycles. The van der Waals surface area contributed by atoms with E-state index in [-0.39, 0.29) is 30.3 Å². The van der Waals surface area contributed by atoms with Gasteiger partial charge in [0.25, 0.3) is 0 Å². The molecule has 0 radical (unpaired) electrons. The molecule has 0 aromatic heterocycles. The molecule has 4 heteroatoms. The van der Waals surface area contributed by atoms with Gasteiger partial charge in [-0.1, -0.05) is 18.2 Å². The number of fused-ring (bicyclic) bond motifs is 1. The van der Waals surface area contributed by atoms with Gasteiger partial charge in [0.15, 0.2) is 0 Å². The predicted octanol–water partition coefficient (Wildman–Crippen LogP) is 3.43. The molecule has 0 aliphatic carbocycles. The molecule has 21 heavy (non-hydrogen) atoms. The van der Waals surface area contributed by atoms with E-state index in [4.69, 9.17) is 4.74 Å². The number of hydrogen-bond acceptors (Lipinski definition) is 2. The Labute approximate surface area is 122 Å². The normalized spacial score (nSPS) is 18.1. The van der Waals surface area contributed by atoms with Gasteiger partial charge in [0, 0.05) is 17.9 Å². The van der Waals surface area contributed by atoms with Crippen LogP contribution in [0.15, 0.2) is 42.5 Å². The number of halogens is 2. The SMILES string of the molecule is OCC(CC1Cc2cc(F)ccc2O1)c1ccccc1F. The topological polar surface area (TPSA) is 29.5 Å². The van der Waals surface area contributed by atoms with Crippen LogP contribution in [0.1, 0.15) is 23.5 Å². The van der Waals surface area contributed by atoms with Gasteiger partial charge in [0.1, 0.15) is 23.5 Å². The lowest BCUT2D eigenvalue weighted by Gasteiger charge is -2.19. The molecule has 2 atom stereocenters. The summed E-state index contributed by atoms with van der Waals surface area (Å²) in [6.45, 7) is -0.147. The lowest BCUT2D eigenvalue weighted by atomic mass is 9.92. The van der Waals surface area contributed by atoms with Crippen molar-refractivity contribution in [2.24, 2.45) is 0 Å². The fourth-order valence-electron chi connectivity index (χ4n) is 2.84. The molecule has 0 saturated carbocycles. The Morgan fingerprint density at radius 1 is 1.19 bits per heavy atom. The molecule has 2 unspecified atom stereocenters. The van der Waals surface area contributed by atoms with Crippen molar-refractivity contribution >= 4 is 0 Å². The lowest BCUT2D eigenvalue weighted by molar-refractivity contribution is 0.178. The third-order valence-electron chi connectivity index (χ3n) is 3.88. The van der Waals surface area contributed by atoms with Crippen LogP contribution in [0.5, 0.6) is 5.75 Å². The summed E-state index contributed by atoms with van der Waals surface area (Å²) >= 11 is 0. The van der Waals surface area contributed by atoms with E-state index in [0.29, 0.717) is 24.2 Å². The lowest BCUT2D eigenvalue weighted by Crippen LogP contribution is -2.20. The first-order valence-electron chi connectivity index (χ1n) is 6.97. The van der Waals surface area contributed by atoms with Crippen LogP contribution in [0.4, 0.5) is 8.78 Å². The standard InChI is InChI=1S/C17H16F2O2/c18-13-5-6-17-11(7-13)8-14(21-17)9-12(10-20)15-3-1-2-4-16(15)19/h1-7,12,14,20H,8-10H2. The maximum Gasteiger partial charge on any atom is 0.126 e. The van der Waals surface area contributed by atoms with Crippen molar-refractivity contribution in [3.05, 3.63) is 65.2 Å². The Bertz CT molecular complexity index is 642. The van der Waals surface area contributed by atoms with Gasteiger partial charge in [-0.2, -0.15) is 0 Å². The van der Waals surface area contributed by atoms with Gasteiger partial charge in [0.2, 0.25) is 0 Å². The highest BCUT2D eigenvalue weighted by Gasteiger charge is 2.27. The highest BCUT2D eigenvalue weighted by Crippen LogP contribution is 2.34. The Morgan fingerprint density at radius 3 is 2.76 bits per heavy atom. The van der Waals surface area contributed by atoms with Crippen LogP contribution >= 0.6 is 0 Å². The Hall–Kier alpha value is -1.94. The van der Waals surface area contributed by atoms with E-state index < -0.39 is 0 Å². The predicted molar refractivity (Wildman–Crippen MR) is 75.4 cm³/mol. The third-order valence-corrected chi connectivity index (χ3v) is 3.88. The van der Waals surface area contributed by atoms with Crippen molar-refractivity contribution < 1.29 is 18.6 Å².